The van der Waals surface area contributed by atoms with Gasteiger partial charge in [0.05, 0.1) is 0 Å². The lowest BCUT2D eigenvalue weighted by Crippen LogP contribution is -2.15. The van der Waals surface area contributed by atoms with Gasteiger partial charge in [0.1, 0.15) is 0 Å². The van der Waals surface area contributed by atoms with Crippen LogP contribution in [0.2, 0.25) is 0 Å². The SMILES string of the molecule is [CH]1CCCCC1C1CCCC1. The molecule has 0 nitrogen and oxygen atoms in total. The Morgan fingerprint density at radius 1 is 0.818 bits per heavy atom. The maximum absolute atomic E-state index is 2.61. The molecule has 0 spiro atoms. The summed E-state index contributed by atoms with van der Waals surface area (Å²) in [6.07, 6.45) is 14.6. The molecule has 0 aromatic heterocycles. The zero-order valence-corrected chi connectivity index (χ0v) is 7.39. The van der Waals surface area contributed by atoms with Crippen molar-refractivity contribution < 1.29 is 0 Å². The van der Waals surface area contributed by atoms with Crippen molar-refractivity contribution in [2.45, 2.75) is 51.4 Å². The Morgan fingerprint density at radius 2 is 1.55 bits per heavy atom. The molecule has 1 unspecified atom stereocenters. The number of rotatable bonds is 1. The molecule has 0 aromatic rings. The molecule has 0 heteroatoms. The van der Waals surface area contributed by atoms with Crippen molar-refractivity contribution >= 4 is 0 Å². The normalized spacial score (nSPS) is 29.5. The zero-order chi connectivity index (χ0) is 7.52. The van der Waals surface area contributed by atoms with Gasteiger partial charge in [-0.1, -0.05) is 38.5 Å². The molecule has 0 heterocycles. The van der Waals surface area contributed by atoms with Crippen LogP contribution in [0.25, 0.3) is 0 Å². The summed E-state index contributed by atoms with van der Waals surface area (Å²) in [7, 11) is 0. The second-order valence-corrected chi connectivity index (χ2v) is 4.23. The van der Waals surface area contributed by atoms with Crippen LogP contribution in [0.4, 0.5) is 0 Å². The van der Waals surface area contributed by atoms with E-state index in [0.717, 1.165) is 11.8 Å². The van der Waals surface area contributed by atoms with Gasteiger partial charge in [0.2, 0.25) is 0 Å². The summed E-state index contributed by atoms with van der Waals surface area (Å²) in [5.41, 5.74) is 0. The third-order valence-electron chi connectivity index (χ3n) is 3.47. The fourth-order valence-electron chi connectivity index (χ4n) is 2.79. The van der Waals surface area contributed by atoms with Gasteiger partial charge in [0.15, 0.2) is 0 Å². The average molecular weight is 151 g/mol. The second kappa shape index (κ2) is 3.60. The molecule has 2 aliphatic rings. The van der Waals surface area contributed by atoms with Gasteiger partial charge in [-0.25, -0.2) is 0 Å². The van der Waals surface area contributed by atoms with E-state index in [1.165, 1.54) is 51.4 Å². The van der Waals surface area contributed by atoms with E-state index in [1.54, 1.807) is 0 Å². The minimum Gasteiger partial charge on any atom is -0.0530 e. The van der Waals surface area contributed by atoms with Gasteiger partial charge >= 0.3 is 0 Å². The molecule has 2 saturated carbocycles. The first-order valence-corrected chi connectivity index (χ1v) is 5.30. The van der Waals surface area contributed by atoms with Crippen LogP contribution in [0.15, 0.2) is 0 Å². The van der Waals surface area contributed by atoms with Crippen LogP contribution >= 0.6 is 0 Å². The van der Waals surface area contributed by atoms with Crippen LogP contribution in [0.5, 0.6) is 0 Å². The molecule has 2 rings (SSSR count). The quantitative estimate of drug-likeness (QED) is 0.537. The zero-order valence-electron chi connectivity index (χ0n) is 7.39. The third-order valence-corrected chi connectivity index (χ3v) is 3.47. The highest BCUT2D eigenvalue weighted by Gasteiger charge is 2.25. The molecular weight excluding hydrogens is 132 g/mol. The summed E-state index contributed by atoms with van der Waals surface area (Å²) in [6.45, 7) is 0. The first-order chi connectivity index (χ1) is 5.47. The Bertz CT molecular complexity index is 105. The van der Waals surface area contributed by atoms with Gasteiger partial charge in [0.25, 0.3) is 0 Å². The lowest BCUT2D eigenvalue weighted by molar-refractivity contribution is 0.315. The number of hydrogen-bond acceptors (Lipinski definition) is 0. The maximum Gasteiger partial charge on any atom is -0.0352 e. The van der Waals surface area contributed by atoms with Crippen LogP contribution in [0, 0.1) is 18.3 Å². The van der Waals surface area contributed by atoms with Crippen LogP contribution in [-0.4, -0.2) is 0 Å². The Kier molecular flexibility index (Phi) is 2.50. The van der Waals surface area contributed by atoms with Crippen LogP contribution in [0.1, 0.15) is 51.4 Å². The molecule has 0 N–H and O–H groups in total. The predicted molar refractivity (Wildman–Crippen MR) is 48.2 cm³/mol. The molecule has 63 valence electrons. The fraction of sp³-hybridized carbons (Fsp3) is 0.909. The van der Waals surface area contributed by atoms with Crippen molar-refractivity contribution in [1.29, 1.82) is 0 Å². The van der Waals surface area contributed by atoms with Crippen LogP contribution in [-0.2, 0) is 0 Å². The molecular formula is C11H19. The monoisotopic (exact) mass is 151 g/mol. The largest absolute Gasteiger partial charge is 0.0530 e. The van der Waals surface area contributed by atoms with Gasteiger partial charge in [-0.15, -0.1) is 0 Å². The van der Waals surface area contributed by atoms with Crippen molar-refractivity contribution in [2.75, 3.05) is 0 Å². The van der Waals surface area contributed by atoms with Crippen molar-refractivity contribution in [1.82, 2.24) is 0 Å². The molecule has 0 aliphatic heterocycles. The fourth-order valence-corrected chi connectivity index (χ4v) is 2.79. The van der Waals surface area contributed by atoms with E-state index in [4.69, 9.17) is 0 Å². The van der Waals surface area contributed by atoms with E-state index in [9.17, 15) is 0 Å². The van der Waals surface area contributed by atoms with Gasteiger partial charge in [-0.05, 0) is 31.1 Å². The van der Waals surface area contributed by atoms with Gasteiger partial charge < -0.3 is 0 Å². The van der Waals surface area contributed by atoms with E-state index in [-0.39, 0.29) is 0 Å². The summed E-state index contributed by atoms with van der Waals surface area (Å²) in [6, 6.07) is 0. The highest BCUT2D eigenvalue weighted by Crippen LogP contribution is 2.38. The van der Waals surface area contributed by atoms with Crippen molar-refractivity contribution in [3.63, 3.8) is 0 Å². The highest BCUT2D eigenvalue weighted by molar-refractivity contribution is 4.87. The molecule has 2 fully saturated rings. The van der Waals surface area contributed by atoms with E-state index < -0.39 is 0 Å². The first kappa shape index (κ1) is 7.64. The molecule has 0 amide bonds. The van der Waals surface area contributed by atoms with Gasteiger partial charge in [-0.3, -0.25) is 0 Å². The third kappa shape index (κ3) is 1.77. The molecule has 1 atom stereocenters. The van der Waals surface area contributed by atoms with E-state index in [1.807, 2.05) is 0 Å². The van der Waals surface area contributed by atoms with Gasteiger partial charge in [-0.2, -0.15) is 0 Å². The van der Waals surface area contributed by atoms with E-state index >= 15 is 0 Å². The summed E-state index contributed by atoms with van der Waals surface area (Å²) in [4.78, 5) is 0. The summed E-state index contributed by atoms with van der Waals surface area (Å²) >= 11 is 0. The first-order valence-electron chi connectivity index (χ1n) is 5.30. The Hall–Kier alpha value is 0. The molecule has 0 bridgehead atoms. The van der Waals surface area contributed by atoms with Crippen LogP contribution in [0.3, 0.4) is 0 Å². The topological polar surface area (TPSA) is 0 Å². The molecule has 1 radical (unpaired) electrons. The Labute approximate surface area is 70.4 Å². The van der Waals surface area contributed by atoms with Crippen molar-refractivity contribution in [3.8, 4) is 0 Å². The van der Waals surface area contributed by atoms with E-state index in [2.05, 4.69) is 6.42 Å². The smallest absolute Gasteiger partial charge is 0.0352 e. The molecule has 11 heavy (non-hydrogen) atoms. The molecule has 2 aliphatic carbocycles. The van der Waals surface area contributed by atoms with E-state index in [0.29, 0.717) is 0 Å². The van der Waals surface area contributed by atoms with Crippen molar-refractivity contribution in [2.24, 2.45) is 11.8 Å². The maximum atomic E-state index is 2.61. The lowest BCUT2D eigenvalue weighted by Gasteiger charge is -2.26. The Morgan fingerprint density at radius 3 is 2.18 bits per heavy atom. The summed E-state index contributed by atoms with van der Waals surface area (Å²) < 4.78 is 0. The standard InChI is InChI=1S/C11H19/c1-2-6-10(7-3-1)11-8-4-5-9-11/h6,10-11H,1-5,7-9H2. The Balaban J connectivity index is 1.82. The van der Waals surface area contributed by atoms with Gasteiger partial charge in [0, 0.05) is 0 Å². The van der Waals surface area contributed by atoms with Crippen molar-refractivity contribution in [3.05, 3.63) is 6.42 Å². The summed E-state index contributed by atoms with van der Waals surface area (Å²) in [5, 5.41) is 0. The second-order valence-electron chi connectivity index (χ2n) is 4.23. The minimum atomic E-state index is 1.02. The highest BCUT2D eigenvalue weighted by atomic mass is 14.3. The lowest BCUT2D eigenvalue weighted by atomic mass is 9.79. The van der Waals surface area contributed by atoms with Crippen LogP contribution < -0.4 is 0 Å². The minimum absolute atomic E-state index is 1.02. The molecule has 0 aromatic carbocycles. The predicted octanol–water partition coefficient (Wildman–Crippen LogP) is 3.57. The number of hydrogen-bond donors (Lipinski definition) is 0. The average Bonchev–Trinajstić information content (AvgIpc) is 2.58. The molecule has 0 saturated heterocycles. The summed E-state index contributed by atoms with van der Waals surface area (Å²) in [5.74, 6) is 2.11.